The zero-order chi connectivity index (χ0) is 22.8. The van der Waals surface area contributed by atoms with Crippen molar-refractivity contribution in [3.8, 4) is 11.5 Å². The Hall–Kier alpha value is -3.35. The molecule has 0 bridgehead atoms. The van der Waals surface area contributed by atoms with E-state index in [1.54, 1.807) is 30.6 Å². The molecule has 1 aliphatic rings. The summed E-state index contributed by atoms with van der Waals surface area (Å²) in [5, 5.41) is 14.4. The summed E-state index contributed by atoms with van der Waals surface area (Å²) in [5.74, 6) is 1.07. The average Bonchev–Trinajstić information content (AvgIpc) is 3.26. The lowest BCUT2D eigenvalue weighted by atomic mass is 9.92. The number of carbonyl (C=O) groups excluding carboxylic acids is 1. The summed E-state index contributed by atoms with van der Waals surface area (Å²) in [5.41, 5.74) is 2.40. The number of aromatic nitrogens is 2. The van der Waals surface area contributed by atoms with Gasteiger partial charge in [-0.1, -0.05) is 29.8 Å². The molecule has 0 saturated heterocycles. The highest BCUT2D eigenvalue weighted by atomic mass is 35.5. The summed E-state index contributed by atoms with van der Waals surface area (Å²) < 4.78 is 5.83. The van der Waals surface area contributed by atoms with Crippen molar-refractivity contribution >= 4 is 34.1 Å². The highest BCUT2D eigenvalue weighted by molar-refractivity contribution is 6.35. The van der Waals surface area contributed by atoms with Crippen molar-refractivity contribution in [3.63, 3.8) is 0 Å². The fourth-order valence-corrected chi connectivity index (χ4v) is 4.57. The Morgan fingerprint density at radius 3 is 2.58 bits per heavy atom. The average molecular weight is 462 g/mol. The van der Waals surface area contributed by atoms with Gasteiger partial charge >= 0.3 is 0 Å². The van der Waals surface area contributed by atoms with E-state index in [-0.39, 0.29) is 17.9 Å². The lowest BCUT2D eigenvalue weighted by molar-refractivity contribution is 0.104. The molecule has 4 aromatic rings. The number of rotatable bonds is 6. The number of pyridine rings is 1. The zero-order valence-electron chi connectivity index (χ0n) is 17.9. The van der Waals surface area contributed by atoms with Crippen molar-refractivity contribution in [1.82, 2.24) is 9.97 Å². The van der Waals surface area contributed by atoms with E-state index < -0.39 is 0 Å². The number of ether oxygens (including phenoxy) is 1. The maximum absolute atomic E-state index is 13.5. The minimum Gasteiger partial charge on any atom is -0.457 e. The van der Waals surface area contributed by atoms with Crippen LogP contribution in [0.3, 0.4) is 0 Å². The van der Waals surface area contributed by atoms with Gasteiger partial charge in [0.15, 0.2) is 5.78 Å². The molecule has 1 aliphatic carbocycles. The first-order chi connectivity index (χ1) is 16.1. The highest BCUT2D eigenvalue weighted by Gasteiger charge is 2.23. The van der Waals surface area contributed by atoms with Crippen LogP contribution in [0.1, 0.15) is 41.6 Å². The monoisotopic (exact) mass is 461 g/mol. The second-order valence-electron chi connectivity index (χ2n) is 8.32. The highest BCUT2D eigenvalue weighted by Crippen LogP contribution is 2.33. The molecule has 0 unspecified atom stereocenters. The lowest BCUT2D eigenvalue weighted by Gasteiger charge is -2.27. The number of aliphatic hydroxyl groups excluding tert-OH is 1. The van der Waals surface area contributed by atoms with Gasteiger partial charge in [-0.15, -0.1) is 0 Å². The molecule has 168 valence electrons. The molecule has 6 nitrogen and oxygen atoms in total. The number of carbonyl (C=O) groups is 1. The third kappa shape index (κ3) is 4.58. The van der Waals surface area contributed by atoms with Gasteiger partial charge in [-0.3, -0.25) is 4.79 Å². The van der Waals surface area contributed by atoms with Crippen LogP contribution in [0.5, 0.6) is 11.5 Å². The molecule has 3 N–H and O–H groups in total. The van der Waals surface area contributed by atoms with Crippen LogP contribution in [0.4, 0.5) is 5.69 Å². The van der Waals surface area contributed by atoms with Crippen molar-refractivity contribution in [3.05, 3.63) is 83.1 Å². The number of aromatic amines is 1. The van der Waals surface area contributed by atoms with Gasteiger partial charge in [0.2, 0.25) is 0 Å². The topological polar surface area (TPSA) is 87.2 Å². The molecule has 5 rings (SSSR count). The first kappa shape index (κ1) is 21.5. The van der Waals surface area contributed by atoms with E-state index >= 15 is 0 Å². The smallest absolute Gasteiger partial charge is 0.196 e. The predicted octanol–water partition coefficient (Wildman–Crippen LogP) is 5.96. The first-order valence-corrected chi connectivity index (χ1v) is 11.4. The number of nitrogens with one attached hydrogen (secondary N) is 2. The second kappa shape index (κ2) is 9.25. The first-order valence-electron chi connectivity index (χ1n) is 11.1. The van der Waals surface area contributed by atoms with E-state index in [2.05, 4.69) is 15.3 Å². The summed E-state index contributed by atoms with van der Waals surface area (Å²) in [6.07, 6.45) is 6.49. The molecule has 0 radical (unpaired) electrons. The predicted molar refractivity (Wildman–Crippen MR) is 129 cm³/mol. The third-order valence-corrected chi connectivity index (χ3v) is 6.35. The number of nitrogens with zero attached hydrogens (tertiary/aromatic N) is 1. The number of hydrogen-bond donors (Lipinski definition) is 3. The van der Waals surface area contributed by atoms with Crippen LogP contribution in [-0.4, -0.2) is 33.0 Å². The Bertz CT molecular complexity index is 1280. The SMILES string of the molecule is O=C(c1ccc(Oc2ccccc2)cc1Cl)c1c[nH]c2nccc(N[C@H]3CC[C@H](O)CC3)c12. The molecule has 33 heavy (non-hydrogen) atoms. The summed E-state index contributed by atoms with van der Waals surface area (Å²) in [6.45, 7) is 0. The number of anilines is 1. The van der Waals surface area contributed by atoms with E-state index in [1.165, 1.54) is 0 Å². The maximum atomic E-state index is 13.5. The molecular weight excluding hydrogens is 438 g/mol. The van der Waals surface area contributed by atoms with E-state index in [9.17, 15) is 9.90 Å². The summed E-state index contributed by atoms with van der Waals surface area (Å²) in [4.78, 5) is 21.0. The number of ketones is 1. The van der Waals surface area contributed by atoms with Crippen molar-refractivity contribution in [2.24, 2.45) is 0 Å². The standard InChI is InChI=1S/C26H24ClN3O3/c27-22-14-19(33-18-4-2-1-3-5-18)10-11-20(22)25(32)21-15-29-26-24(21)23(12-13-28-26)30-16-6-8-17(31)9-7-16/h1-5,10-17,31H,6-9H2,(H2,28,29,30)/t16-,17-. The quantitative estimate of drug-likeness (QED) is 0.308. The van der Waals surface area contributed by atoms with Gasteiger partial charge in [-0.05, 0) is 56.0 Å². The number of aliphatic hydroxyl groups is 1. The number of para-hydroxylation sites is 1. The number of H-pyrrole nitrogens is 1. The minimum absolute atomic E-state index is 0.187. The number of fused-ring (bicyclic) bond motifs is 1. The Kier molecular flexibility index (Phi) is 6.03. The fourth-order valence-electron chi connectivity index (χ4n) is 4.31. The normalized spacial score (nSPS) is 18.2. The van der Waals surface area contributed by atoms with Gasteiger partial charge in [0, 0.05) is 35.8 Å². The van der Waals surface area contributed by atoms with Crippen molar-refractivity contribution in [1.29, 1.82) is 0 Å². The van der Waals surface area contributed by atoms with Gasteiger partial charge in [0.05, 0.1) is 22.1 Å². The maximum Gasteiger partial charge on any atom is 0.196 e. The number of halogens is 1. The Labute approximate surface area is 196 Å². The largest absolute Gasteiger partial charge is 0.457 e. The van der Waals surface area contributed by atoms with Crippen LogP contribution in [0.25, 0.3) is 11.0 Å². The van der Waals surface area contributed by atoms with Crippen molar-refractivity contribution in [2.75, 3.05) is 5.32 Å². The molecule has 0 atom stereocenters. The minimum atomic E-state index is -0.221. The van der Waals surface area contributed by atoms with Crippen LogP contribution in [0, 0.1) is 0 Å². The zero-order valence-corrected chi connectivity index (χ0v) is 18.7. The van der Waals surface area contributed by atoms with E-state index in [4.69, 9.17) is 16.3 Å². The van der Waals surface area contributed by atoms with Gasteiger partial charge < -0.3 is 20.1 Å². The Morgan fingerprint density at radius 2 is 1.82 bits per heavy atom. The van der Waals surface area contributed by atoms with Crippen molar-refractivity contribution in [2.45, 2.75) is 37.8 Å². The van der Waals surface area contributed by atoms with Crippen LogP contribution < -0.4 is 10.1 Å². The second-order valence-corrected chi connectivity index (χ2v) is 8.73. The van der Waals surface area contributed by atoms with Crippen LogP contribution in [0.15, 0.2) is 67.0 Å². The van der Waals surface area contributed by atoms with Crippen LogP contribution in [-0.2, 0) is 0 Å². The van der Waals surface area contributed by atoms with Gasteiger partial charge in [-0.25, -0.2) is 4.98 Å². The summed E-state index contributed by atoms with van der Waals surface area (Å²) >= 11 is 6.50. The number of hydrogen-bond acceptors (Lipinski definition) is 5. The molecule has 1 fully saturated rings. The van der Waals surface area contributed by atoms with E-state index in [0.717, 1.165) is 36.8 Å². The fraction of sp³-hybridized carbons (Fsp3) is 0.231. The molecule has 0 aliphatic heterocycles. The molecular formula is C26H24ClN3O3. The molecule has 1 saturated carbocycles. The molecule has 7 heteroatoms. The number of benzene rings is 2. The van der Waals surface area contributed by atoms with E-state index in [1.807, 2.05) is 36.4 Å². The molecule has 0 spiro atoms. The summed E-state index contributed by atoms with van der Waals surface area (Å²) in [6, 6.07) is 16.6. The van der Waals surface area contributed by atoms with Gasteiger partial charge in [-0.2, -0.15) is 0 Å². The molecule has 2 aromatic carbocycles. The van der Waals surface area contributed by atoms with E-state index in [0.29, 0.717) is 33.3 Å². The van der Waals surface area contributed by atoms with Crippen LogP contribution in [0.2, 0.25) is 5.02 Å². The molecule has 2 aromatic heterocycles. The Morgan fingerprint density at radius 1 is 1.03 bits per heavy atom. The Balaban J connectivity index is 1.42. The third-order valence-electron chi connectivity index (χ3n) is 6.04. The summed E-state index contributed by atoms with van der Waals surface area (Å²) in [7, 11) is 0. The lowest BCUT2D eigenvalue weighted by Crippen LogP contribution is -2.28. The van der Waals surface area contributed by atoms with Crippen LogP contribution >= 0.6 is 11.6 Å². The van der Waals surface area contributed by atoms with Gasteiger partial charge in [0.1, 0.15) is 17.1 Å². The molecule has 2 heterocycles. The molecule has 0 amide bonds. The van der Waals surface area contributed by atoms with Crippen molar-refractivity contribution < 1.29 is 14.6 Å². The van der Waals surface area contributed by atoms with Gasteiger partial charge in [0.25, 0.3) is 0 Å².